The molecular weight excluding hydrogens is 425 g/mol. The van der Waals surface area contributed by atoms with E-state index in [1.807, 2.05) is 0 Å². The number of hydrogen-bond donors (Lipinski definition) is 0. The lowest BCUT2D eigenvalue weighted by Gasteiger charge is -2.12. The summed E-state index contributed by atoms with van der Waals surface area (Å²) >= 11 is 23.2. The van der Waals surface area contributed by atoms with E-state index in [0.717, 1.165) is 11.8 Å². The molecule has 0 N–H and O–H groups in total. The van der Waals surface area contributed by atoms with E-state index in [1.54, 1.807) is 24.3 Å². The summed E-state index contributed by atoms with van der Waals surface area (Å²) in [4.78, 5) is 0. The third kappa shape index (κ3) is 7.12. The molecule has 2 aromatic carbocycles. The van der Waals surface area contributed by atoms with Gasteiger partial charge in [-0.2, -0.15) is 4.39 Å². The first kappa shape index (κ1) is 21.0. The molecule has 0 aromatic heterocycles. The summed E-state index contributed by atoms with van der Waals surface area (Å²) < 4.78 is 28.9. The quantitative estimate of drug-likeness (QED) is 0.396. The van der Waals surface area contributed by atoms with Crippen molar-refractivity contribution in [1.82, 2.24) is 0 Å². The summed E-state index contributed by atoms with van der Waals surface area (Å²) in [7, 11) is 0. The predicted octanol–water partition coefficient (Wildman–Crippen LogP) is 6.92. The van der Waals surface area contributed by atoms with Crippen LogP contribution in [0.25, 0.3) is 0 Å². The van der Waals surface area contributed by atoms with Crippen molar-refractivity contribution < 1.29 is 18.6 Å². The van der Waals surface area contributed by atoms with Crippen LogP contribution in [0.15, 0.2) is 47.8 Å². The molecule has 2 aromatic rings. The van der Waals surface area contributed by atoms with Gasteiger partial charge in [-0.15, -0.1) is 0 Å². The lowest BCUT2D eigenvalue weighted by atomic mass is 10.3. The highest BCUT2D eigenvalue weighted by molar-refractivity contribution is 6.37. The highest BCUT2D eigenvalue weighted by Gasteiger charge is 2.10. The van der Waals surface area contributed by atoms with Crippen molar-refractivity contribution in [2.75, 3.05) is 19.8 Å². The van der Waals surface area contributed by atoms with Gasteiger partial charge in [0.05, 0.1) is 23.3 Å². The van der Waals surface area contributed by atoms with Crippen LogP contribution < -0.4 is 14.2 Å². The molecule has 0 aliphatic heterocycles. The maximum absolute atomic E-state index is 12.4. The number of ether oxygens (including phenoxy) is 3. The van der Waals surface area contributed by atoms with Crippen LogP contribution in [0.1, 0.15) is 6.42 Å². The smallest absolute Gasteiger partial charge is 0.188 e. The Bertz CT molecular complexity index is 724. The lowest BCUT2D eigenvalue weighted by Crippen LogP contribution is -2.05. The third-order valence-corrected chi connectivity index (χ3v) is 4.04. The van der Waals surface area contributed by atoms with E-state index in [-0.39, 0.29) is 6.61 Å². The van der Waals surface area contributed by atoms with Crippen molar-refractivity contribution in [3.05, 3.63) is 62.8 Å². The molecule has 0 spiro atoms. The zero-order valence-electron chi connectivity index (χ0n) is 13.5. The Morgan fingerprint density at radius 3 is 2.12 bits per heavy atom. The fourth-order valence-electron chi connectivity index (χ4n) is 1.91. The lowest BCUT2D eigenvalue weighted by molar-refractivity contribution is 0.247. The number of hydrogen-bond acceptors (Lipinski definition) is 3. The van der Waals surface area contributed by atoms with Gasteiger partial charge in [-0.1, -0.05) is 46.4 Å². The molecule has 2 rings (SSSR count). The molecule has 0 fully saturated rings. The topological polar surface area (TPSA) is 27.7 Å². The Labute approximate surface area is 171 Å². The van der Waals surface area contributed by atoms with Gasteiger partial charge in [-0.3, -0.25) is 0 Å². The van der Waals surface area contributed by atoms with Gasteiger partial charge in [0.2, 0.25) is 0 Å². The molecule has 3 nitrogen and oxygen atoms in total. The number of benzene rings is 2. The fourth-order valence-corrected chi connectivity index (χ4v) is 2.68. The number of halogens is 5. The van der Waals surface area contributed by atoms with Crippen LogP contribution in [0.3, 0.4) is 0 Å². The van der Waals surface area contributed by atoms with Crippen molar-refractivity contribution in [3.63, 3.8) is 0 Å². The van der Waals surface area contributed by atoms with Gasteiger partial charge in [0.15, 0.2) is 11.0 Å². The van der Waals surface area contributed by atoms with Crippen LogP contribution in [-0.2, 0) is 0 Å². The van der Waals surface area contributed by atoms with E-state index in [2.05, 4.69) is 0 Å². The minimum absolute atomic E-state index is 0.0375. The fraction of sp³-hybridized carbons (Fsp3) is 0.222. The molecule has 0 amide bonds. The predicted molar refractivity (Wildman–Crippen MR) is 104 cm³/mol. The maximum atomic E-state index is 12.4. The van der Waals surface area contributed by atoms with Crippen LogP contribution >= 0.6 is 46.4 Å². The molecule has 140 valence electrons. The molecule has 0 saturated heterocycles. The monoisotopic (exact) mass is 438 g/mol. The standard InChI is InChI=1S/C18H15Cl4FO3/c19-12-2-4-13(5-3-12)24-7-1-8-26-18-15(20)10-14(11-16(18)21)25-9-6-17(22)23/h2-6,10-11H,1,7-9H2. The summed E-state index contributed by atoms with van der Waals surface area (Å²) in [6.45, 7) is 0.798. The Morgan fingerprint density at radius 1 is 0.885 bits per heavy atom. The van der Waals surface area contributed by atoms with E-state index in [1.165, 1.54) is 12.1 Å². The van der Waals surface area contributed by atoms with Gasteiger partial charge in [0, 0.05) is 29.7 Å². The van der Waals surface area contributed by atoms with Crippen LogP contribution in [0.4, 0.5) is 4.39 Å². The third-order valence-electron chi connectivity index (χ3n) is 3.08. The summed E-state index contributed by atoms with van der Waals surface area (Å²) in [5.41, 5.74) is 0. The average molecular weight is 440 g/mol. The molecule has 0 aliphatic rings. The Hall–Kier alpha value is -1.33. The van der Waals surface area contributed by atoms with Gasteiger partial charge >= 0.3 is 0 Å². The molecule has 26 heavy (non-hydrogen) atoms. The molecule has 0 bridgehead atoms. The summed E-state index contributed by atoms with van der Waals surface area (Å²) in [6.07, 6.45) is 1.71. The second-order valence-corrected chi connectivity index (χ2v) is 6.64. The molecule has 0 aliphatic carbocycles. The SMILES string of the molecule is FC(Cl)=CCOc1cc(Cl)c(OCCCOc2ccc(Cl)cc2)c(Cl)c1. The van der Waals surface area contributed by atoms with Gasteiger partial charge in [0.1, 0.15) is 18.1 Å². The number of rotatable bonds is 9. The zero-order chi connectivity index (χ0) is 18.9. The first-order chi connectivity index (χ1) is 12.5. The highest BCUT2D eigenvalue weighted by Crippen LogP contribution is 2.37. The zero-order valence-corrected chi connectivity index (χ0v) is 16.5. The Balaban J connectivity index is 1.79. The highest BCUT2D eigenvalue weighted by atomic mass is 35.5. The minimum Gasteiger partial charge on any atom is -0.493 e. The first-order valence-corrected chi connectivity index (χ1v) is 9.11. The van der Waals surface area contributed by atoms with Gasteiger partial charge in [-0.05, 0) is 24.3 Å². The maximum Gasteiger partial charge on any atom is 0.188 e. The molecule has 0 atom stereocenters. The largest absolute Gasteiger partial charge is 0.493 e. The molecular formula is C18H15Cl4FO3. The van der Waals surface area contributed by atoms with Gasteiger partial charge in [0.25, 0.3) is 0 Å². The normalized spacial score (nSPS) is 11.3. The van der Waals surface area contributed by atoms with Crippen molar-refractivity contribution >= 4 is 46.4 Å². The van der Waals surface area contributed by atoms with E-state index in [4.69, 9.17) is 60.6 Å². The van der Waals surface area contributed by atoms with E-state index < -0.39 is 5.29 Å². The minimum atomic E-state index is -0.844. The average Bonchev–Trinajstić information content (AvgIpc) is 2.58. The second-order valence-electron chi connectivity index (χ2n) is 5.03. The molecule has 8 heteroatoms. The van der Waals surface area contributed by atoms with E-state index >= 15 is 0 Å². The van der Waals surface area contributed by atoms with Crippen molar-refractivity contribution in [2.45, 2.75) is 6.42 Å². The Kier molecular flexibility index (Phi) is 8.66. The molecule has 0 unspecified atom stereocenters. The van der Waals surface area contributed by atoms with Crippen LogP contribution in [0.5, 0.6) is 17.2 Å². The molecule has 0 radical (unpaired) electrons. The Morgan fingerprint density at radius 2 is 1.50 bits per heavy atom. The molecule has 0 saturated carbocycles. The van der Waals surface area contributed by atoms with Crippen LogP contribution in [0, 0.1) is 0 Å². The summed E-state index contributed by atoms with van der Waals surface area (Å²) in [5, 5.41) is 0.395. The van der Waals surface area contributed by atoms with Crippen LogP contribution in [-0.4, -0.2) is 19.8 Å². The summed E-state index contributed by atoms with van der Waals surface area (Å²) in [6, 6.07) is 10.2. The summed E-state index contributed by atoms with van der Waals surface area (Å²) in [5.74, 6) is 1.47. The second kappa shape index (κ2) is 10.7. The van der Waals surface area contributed by atoms with E-state index in [0.29, 0.717) is 46.2 Å². The first-order valence-electron chi connectivity index (χ1n) is 7.60. The van der Waals surface area contributed by atoms with Crippen molar-refractivity contribution in [1.29, 1.82) is 0 Å². The van der Waals surface area contributed by atoms with Gasteiger partial charge < -0.3 is 14.2 Å². The van der Waals surface area contributed by atoms with Crippen LogP contribution in [0.2, 0.25) is 15.1 Å². The van der Waals surface area contributed by atoms with E-state index in [9.17, 15) is 4.39 Å². The molecule has 0 heterocycles. The van der Waals surface area contributed by atoms with Crippen molar-refractivity contribution in [2.24, 2.45) is 0 Å². The van der Waals surface area contributed by atoms with Crippen molar-refractivity contribution in [3.8, 4) is 17.2 Å². The van der Waals surface area contributed by atoms with Gasteiger partial charge in [-0.25, -0.2) is 0 Å².